The molecule has 1 atom stereocenters. The monoisotopic (exact) mass is 467 g/mol. The predicted octanol–water partition coefficient (Wildman–Crippen LogP) is 2.89. The fraction of sp³-hybridized carbons (Fsp3) is 0.550. The van der Waals surface area contributed by atoms with Crippen LogP contribution < -0.4 is 10.6 Å². The molecule has 2 fully saturated rings. The lowest BCUT2D eigenvalue weighted by atomic mass is 9.97. The van der Waals surface area contributed by atoms with Gasteiger partial charge in [0.1, 0.15) is 0 Å². The Morgan fingerprint density at radius 3 is 2.75 bits per heavy atom. The highest BCUT2D eigenvalue weighted by atomic mass is 79.9. The van der Waals surface area contributed by atoms with E-state index in [1.807, 2.05) is 24.3 Å². The molecule has 3 rings (SSSR count). The topological polar surface area (TPSA) is 78.5 Å². The third kappa shape index (κ3) is 6.81. The predicted molar refractivity (Wildman–Crippen MR) is 115 cm³/mol. The first-order valence-corrected chi connectivity index (χ1v) is 11.6. The van der Waals surface area contributed by atoms with Crippen molar-refractivity contribution >= 4 is 51.1 Å². The first-order valence-electron chi connectivity index (χ1n) is 9.70. The molecule has 0 bridgehead atoms. The van der Waals surface area contributed by atoms with Crippen LogP contribution in [-0.4, -0.2) is 53.8 Å². The molecule has 0 spiro atoms. The quantitative estimate of drug-likeness (QED) is 0.615. The number of halogens is 1. The zero-order chi connectivity index (χ0) is 19.9. The van der Waals surface area contributed by atoms with E-state index in [1.165, 1.54) is 24.6 Å². The van der Waals surface area contributed by atoms with Gasteiger partial charge in [-0.25, -0.2) is 0 Å². The summed E-state index contributed by atoms with van der Waals surface area (Å²) in [5.74, 6) is 0.961. The fourth-order valence-corrected chi connectivity index (χ4v) is 4.33. The second-order valence-corrected chi connectivity index (χ2v) is 9.32. The van der Waals surface area contributed by atoms with E-state index < -0.39 is 0 Å². The molecule has 1 saturated heterocycles. The van der Waals surface area contributed by atoms with Crippen LogP contribution in [-0.2, 0) is 14.4 Å². The standard InChI is InChI=1S/C20H26BrN3O3S/c21-16-4-1-5-17(9-16)23-18(25)12-28-13-19(26)24-8-2-3-15(11-24)20(27)22-10-14-6-7-14/h1,4-5,9,14-15H,2-3,6-8,10-13H2,(H,22,27)(H,23,25). The Morgan fingerprint density at radius 2 is 2.00 bits per heavy atom. The number of hydrogen-bond donors (Lipinski definition) is 2. The molecule has 1 aromatic carbocycles. The molecule has 3 amide bonds. The Labute approximate surface area is 178 Å². The summed E-state index contributed by atoms with van der Waals surface area (Å²) >= 11 is 4.67. The normalized spacial score (nSPS) is 19.2. The molecule has 1 saturated carbocycles. The van der Waals surface area contributed by atoms with Crippen LogP contribution in [0.1, 0.15) is 25.7 Å². The smallest absolute Gasteiger partial charge is 0.234 e. The van der Waals surface area contributed by atoms with Gasteiger partial charge in [-0.3, -0.25) is 14.4 Å². The Kier molecular flexibility index (Phi) is 7.79. The zero-order valence-corrected chi connectivity index (χ0v) is 18.2. The average Bonchev–Trinajstić information content (AvgIpc) is 3.50. The summed E-state index contributed by atoms with van der Waals surface area (Å²) in [5, 5.41) is 5.84. The molecular weight excluding hydrogens is 442 g/mol. The van der Waals surface area contributed by atoms with Gasteiger partial charge in [-0.15, -0.1) is 11.8 Å². The highest BCUT2D eigenvalue weighted by Crippen LogP contribution is 2.28. The minimum absolute atomic E-state index is 0.0000477. The molecule has 1 unspecified atom stereocenters. The van der Waals surface area contributed by atoms with E-state index in [0.717, 1.165) is 29.5 Å². The SMILES string of the molecule is O=C(CSCC(=O)N1CCCC(C(=O)NCC2CC2)C1)Nc1cccc(Br)c1. The van der Waals surface area contributed by atoms with Gasteiger partial charge in [0, 0.05) is 29.8 Å². The molecule has 0 aromatic heterocycles. The summed E-state index contributed by atoms with van der Waals surface area (Å²) in [7, 11) is 0. The summed E-state index contributed by atoms with van der Waals surface area (Å²) in [6.45, 7) is 1.95. The van der Waals surface area contributed by atoms with Crippen LogP contribution in [0.15, 0.2) is 28.7 Å². The van der Waals surface area contributed by atoms with E-state index in [4.69, 9.17) is 0 Å². The Balaban J connectivity index is 1.36. The number of rotatable bonds is 8. The molecule has 1 aliphatic heterocycles. The summed E-state index contributed by atoms with van der Waals surface area (Å²) in [4.78, 5) is 38.5. The number of nitrogens with zero attached hydrogens (tertiary/aromatic N) is 1. The lowest BCUT2D eigenvalue weighted by Gasteiger charge is -2.32. The minimum Gasteiger partial charge on any atom is -0.356 e. The summed E-state index contributed by atoms with van der Waals surface area (Å²) in [5.41, 5.74) is 0.724. The molecule has 152 valence electrons. The maximum atomic E-state index is 12.5. The van der Waals surface area contributed by atoms with Crippen LogP contribution in [0, 0.1) is 11.8 Å². The first kappa shape index (κ1) is 21.2. The van der Waals surface area contributed by atoms with Crippen LogP contribution >= 0.6 is 27.7 Å². The second-order valence-electron chi connectivity index (χ2n) is 7.42. The van der Waals surface area contributed by atoms with Crippen LogP contribution in [0.4, 0.5) is 5.69 Å². The molecule has 6 nitrogen and oxygen atoms in total. The van der Waals surface area contributed by atoms with E-state index in [0.29, 0.717) is 19.0 Å². The van der Waals surface area contributed by atoms with Crippen LogP contribution in [0.2, 0.25) is 0 Å². The number of amides is 3. The molecule has 2 aliphatic rings. The number of piperidine rings is 1. The number of anilines is 1. The fourth-order valence-electron chi connectivity index (χ4n) is 3.21. The van der Waals surface area contributed by atoms with Gasteiger partial charge in [0.25, 0.3) is 0 Å². The molecule has 1 aliphatic carbocycles. The van der Waals surface area contributed by atoms with Crippen molar-refractivity contribution in [3.05, 3.63) is 28.7 Å². The number of benzene rings is 1. The summed E-state index contributed by atoms with van der Waals surface area (Å²) < 4.78 is 0.897. The van der Waals surface area contributed by atoms with Gasteiger partial charge < -0.3 is 15.5 Å². The van der Waals surface area contributed by atoms with Crippen molar-refractivity contribution in [2.75, 3.05) is 36.5 Å². The summed E-state index contributed by atoms with van der Waals surface area (Å²) in [6, 6.07) is 7.39. The van der Waals surface area contributed by atoms with Crippen molar-refractivity contribution in [2.45, 2.75) is 25.7 Å². The van der Waals surface area contributed by atoms with Gasteiger partial charge in [-0.05, 0) is 49.8 Å². The second kappa shape index (κ2) is 10.3. The molecule has 1 heterocycles. The molecule has 2 N–H and O–H groups in total. The zero-order valence-electron chi connectivity index (χ0n) is 15.8. The highest BCUT2D eigenvalue weighted by molar-refractivity contribution is 9.10. The van der Waals surface area contributed by atoms with Gasteiger partial charge in [-0.1, -0.05) is 22.0 Å². The van der Waals surface area contributed by atoms with Crippen molar-refractivity contribution < 1.29 is 14.4 Å². The van der Waals surface area contributed by atoms with E-state index in [1.54, 1.807) is 4.90 Å². The van der Waals surface area contributed by atoms with Gasteiger partial charge in [-0.2, -0.15) is 0 Å². The maximum Gasteiger partial charge on any atom is 0.234 e. The molecule has 0 radical (unpaired) electrons. The minimum atomic E-state index is -0.133. The number of carbonyl (C=O) groups excluding carboxylic acids is 3. The van der Waals surface area contributed by atoms with Crippen molar-refractivity contribution in [3.8, 4) is 0 Å². The van der Waals surface area contributed by atoms with Crippen LogP contribution in [0.3, 0.4) is 0 Å². The van der Waals surface area contributed by atoms with Crippen LogP contribution in [0.5, 0.6) is 0 Å². The Hall–Kier alpha value is -1.54. The van der Waals surface area contributed by atoms with Crippen molar-refractivity contribution in [3.63, 3.8) is 0 Å². The lowest BCUT2D eigenvalue weighted by molar-refractivity contribution is -0.133. The van der Waals surface area contributed by atoms with Gasteiger partial charge in [0.2, 0.25) is 17.7 Å². The number of likely N-dealkylation sites (tertiary alicyclic amines) is 1. The summed E-state index contributed by atoms with van der Waals surface area (Å²) in [6.07, 6.45) is 4.10. The third-order valence-corrected chi connectivity index (χ3v) is 6.38. The van der Waals surface area contributed by atoms with E-state index in [-0.39, 0.29) is 35.1 Å². The number of hydrogen-bond acceptors (Lipinski definition) is 4. The van der Waals surface area contributed by atoms with Crippen LogP contribution in [0.25, 0.3) is 0 Å². The average molecular weight is 468 g/mol. The van der Waals surface area contributed by atoms with E-state index >= 15 is 0 Å². The van der Waals surface area contributed by atoms with Gasteiger partial charge in [0.05, 0.1) is 17.4 Å². The Morgan fingerprint density at radius 1 is 1.18 bits per heavy atom. The highest BCUT2D eigenvalue weighted by Gasteiger charge is 2.29. The van der Waals surface area contributed by atoms with E-state index in [9.17, 15) is 14.4 Å². The largest absolute Gasteiger partial charge is 0.356 e. The third-order valence-electron chi connectivity index (χ3n) is 4.97. The maximum absolute atomic E-state index is 12.5. The number of carbonyl (C=O) groups is 3. The van der Waals surface area contributed by atoms with E-state index in [2.05, 4.69) is 26.6 Å². The van der Waals surface area contributed by atoms with Crippen molar-refractivity contribution in [2.24, 2.45) is 11.8 Å². The molecule has 28 heavy (non-hydrogen) atoms. The van der Waals surface area contributed by atoms with Crippen molar-refractivity contribution in [1.82, 2.24) is 10.2 Å². The molecule has 1 aromatic rings. The first-order chi connectivity index (χ1) is 13.5. The number of nitrogens with one attached hydrogen (secondary N) is 2. The number of thioether (sulfide) groups is 1. The van der Waals surface area contributed by atoms with Crippen molar-refractivity contribution in [1.29, 1.82) is 0 Å². The van der Waals surface area contributed by atoms with Gasteiger partial charge >= 0.3 is 0 Å². The van der Waals surface area contributed by atoms with Gasteiger partial charge in [0.15, 0.2) is 0 Å². The Bertz CT molecular complexity index is 726. The lowest BCUT2D eigenvalue weighted by Crippen LogP contribution is -2.46. The molecule has 8 heteroatoms. The molecular formula is C20H26BrN3O3S.